The number of aryl methyl sites for hydroxylation is 1. The van der Waals surface area contributed by atoms with Gasteiger partial charge >= 0.3 is 0 Å². The first-order valence-electron chi connectivity index (χ1n) is 7.32. The third-order valence-electron chi connectivity index (χ3n) is 3.79. The number of amides is 1. The number of hydrogen-bond acceptors (Lipinski definition) is 2. The molecule has 0 aliphatic carbocycles. The molecule has 0 saturated carbocycles. The Morgan fingerprint density at radius 3 is 2.61 bits per heavy atom. The first-order valence-corrected chi connectivity index (χ1v) is 7.32. The van der Waals surface area contributed by atoms with Crippen molar-refractivity contribution in [3.8, 4) is 0 Å². The molecule has 0 atom stereocenters. The van der Waals surface area contributed by atoms with E-state index in [2.05, 4.69) is 10.3 Å². The predicted molar refractivity (Wildman–Crippen MR) is 91.7 cm³/mol. The molecule has 0 aliphatic heterocycles. The maximum Gasteiger partial charge on any atom is 0.272 e. The van der Waals surface area contributed by atoms with Gasteiger partial charge in [0.25, 0.3) is 5.91 Å². The number of benzene rings is 2. The van der Waals surface area contributed by atoms with Crippen LogP contribution in [0, 0.1) is 12.7 Å². The molecule has 0 radical (unpaired) electrons. The summed E-state index contributed by atoms with van der Waals surface area (Å²) >= 11 is 0. The number of aromatic nitrogens is 1. The third-order valence-corrected chi connectivity index (χ3v) is 3.79. The summed E-state index contributed by atoms with van der Waals surface area (Å²) in [5, 5.41) is 3.25. The lowest BCUT2D eigenvalue weighted by Crippen LogP contribution is -2.14. The van der Waals surface area contributed by atoms with E-state index in [4.69, 9.17) is 0 Å². The van der Waals surface area contributed by atoms with Gasteiger partial charge in [0.15, 0.2) is 0 Å². The van der Waals surface area contributed by atoms with Crippen LogP contribution in [0.3, 0.4) is 0 Å². The normalized spacial score (nSPS) is 10.8. The summed E-state index contributed by atoms with van der Waals surface area (Å²) in [4.78, 5) is 17.3. The summed E-state index contributed by atoms with van der Waals surface area (Å²) in [6, 6.07) is 12.0. The molecule has 1 heterocycles. The number of fused-ring (bicyclic) bond motifs is 1. The van der Waals surface area contributed by atoms with Crippen LogP contribution in [0.5, 0.6) is 0 Å². The van der Waals surface area contributed by atoms with Crippen LogP contribution >= 0.6 is 0 Å². The lowest BCUT2D eigenvalue weighted by Gasteiger charge is -2.16. The Bertz CT molecular complexity index is 883. The fraction of sp³-hybridized carbons (Fsp3) is 0.167. The molecule has 118 valence electrons. The number of carbonyl (C=O) groups is 1. The van der Waals surface area contributed by atoms with Gasteiger partial charge < -0.3 is 15.2 Å². The first-order chi connectivity index (χ1) is 11.0. The van der Waals surface area contributed by atoms with Crippen molar-refractivity contribution in [1.82, 2.24) is 4.98 Å². The van der Waals surface area contributed by atoms with E-state index in [0.29, 0.717) is 22.3 Å². The molecule has 4 nitrogen and oxygen atoms in total. The average Bonchev–Trinajstić information content (AvgIpc) is 2.92. The molecule has 3 aromatic rings. The Labute approximate surface area is 133 Å². The second-order valence-corrected chi connectivity index (χ2v) is 5.73. The Balaban J connectivity index is 1.86. The topological polar surface area (TPSA) is 48.1 Å². The summed E-state index contributed by atoms with van der Waals surface area (Å²) < 4.78 is 13.7. The molecular weight excluding hydrogens is 293 g/mol. The molecule has 0 fully saturated rings. The molecule has 0 saturated heterocycles. The Morgan fingerprint density at radius 1 is 1.17 bits per heavy atom. The van der Waals surface area contributed by atoms with Crippen LogP contribution in [0.15, 0.2) is 42.5 Å². The van der Waals surface area contributed by atoms with Gasteiger partial charge in [-0.1, -0.05) is 6.07 Å². The molecule has 2 N–H and O–H groups in total. The molecule has 0 spiro atoms. The van der Waals surface area contributed by atoms with Crippen LogP contribution in [0.1, 0.15) is 16.1 Å². The molecule has 5 heteroatoms. The number of hydrogen-bond donors (Lipinski definition) is 2. The van der Waals surface area contributed by atoms with Crippen molar-refractivity contribution in [2.75, 3.05) is 24.3 Å². The number of halogens is 1. The Morgan fingerprint density at radius 2 is 1.96 bits per heavy atom. The largest absolute Gasteiger partial charge is 0.377 e. The number of nitrogens with zero attached hydrogens (tertiary/aromatic N) is 1. The zero-order valence-corrected chi connectivity index (χ0v) is 13.3. The van der Waals surface area contributed by atoms with Crippen molar-refractivity contribution in [2.45, 2.75) is 6.92 Å². The summed E-state index contributed by atoms with van der Waals surface area (Å²) in [6.45, 7) is 1.99. The molecule has 1 amide bonds. The zero-order valence-electron chi connectivity index (χ0n) is 13.3. The van der Waals surface area contributed by atoms with Crippen molar-refractivity contribution < 1.29 is 9.18 Å². The van der Waals surface area contributed by atoms with E-state index in [-0.39, 0.29) is 11.7 Å². The minimum Gasteiger partial charge on any atom is -0.377 e. The minimum absolute atomic E-state index is 0.294. The van der Waals surface area contributed by atoms with E-state index in [1.54, 1.807) is 12.1 Å². The highest BCUT2D eigenvalue weighted by Crippen LogP contribution is 2.23. The van der Waals surface area contributed by atoms with Gasteiger partial charge in [-0.2, -0.15) is 0 Å². The van der Waals surface area contributed by atoms with Crippen LogP contribution in [-0.4, -0.2) is 25.0 Å². The van der Waals surface area contributed by atoms with E-state index in [9.17, 15) is 9.18 Å². The van der Waals surface area contributed by atoms with Crippen LogP contribution in [0.25, 0.3) is 10.9 Å². The van der Waals surface area contributed by atoms with E-state index >= 15 is 0 Å². The molecule has 2 aromatic carbocycles. The minimum atomic E-state index is -0.344. The quantitative estimate of drug-likeness (QED) is 0.770. The van der Waals surface area contributed by atoms with E-state index < -0.39 is 0 Å². The molecule has 23 heavy (non-hydrogen) atoms. The van der Waals surface area contributed by atoms with Crippen molar-refractivity contribution >= 4 is 28.2 Å². The molecular formula is C18H18FN3O. The van der Waals surface area contributed by atoms with Crippen LogP contribution in [0.4, 0.5) is 15.8 Å². The maximum absolute atomic E-state index is 13.7. The standard InChI is InChI=1S/C18H18FN3O/c1-11-9-12(7-8-17(11)22(2)3)20-18(23)16-10-13-14(19)5-4-6-15(13)21-16/h4-10,21H,1-3H3,(H,20,23). The lowest BCUT2D eigenvalue weighted by atomic mass is 10.1. The number of carbonyl (C=O) groups excluding carboxylic acids is 1. The maximum atomic E-state index is 13.7. The predicted octanol–water partition coefficient (Wildman–Crippen LogP) is 3.93. The van der Waals surface area contributed by atoms with Gasteiger partial charge in [-0.3, -0.25) is 4.79 Å². The number of rotatable bonds is 3. The third kappa shape index (κ3) is 2.90. The summed E-state index contributed by atoms with van der Waals surface area (Å²) in [5.41, 5.74) is 3.80. The summed E-state index contributed by atoms with van der Waals surface area (Å²) in [5.74, 6) is -0.637. The van der Waals surface area contributed by atoms with Gasteiger partial charge in [-0.05, 0) is 48.9 Å². The van der Waals surface area contributed by atoms with Crippen molar-refractivity contribution in [3.63, 3.8) is 0 Å². The van der Waals surface area contributed by atoms with Crippen molar-refractivity contribution in [3.05, 3.63) is 59.5 Å². The Kier molecular flexibility index (Phi) is 3.78. The molecule has 0 aliphatic rings. The van der Waals surface area contributed by atoms with Gasteiger partial charge in [-0.15, -0.1) is 0 Å². The van der Waals surface area contributed by atoms with Crippen LogP contribution in [-0.2, 0) is 0 Å². The zero-order chi connectivity index (χ0) is 16.6. The molecule has 3 rings (SSSR count). The van der Waals surface area contributed by atoms with Gasteiger partial charge in [0.2, 0.25) is 0 Å². The fourth-order valence-corrected chi connectivity index (χ4v) is 2.67. The SMILES string of the molecule is Cc1cc(NC(=O)c2cc3c(F)cccc3[nH]2)ccc1N(C)C. The number of H-pyrrole nitrogens is 1. The summed E-state index contributed by atoms with van der Waals surface area (Å²) in [7, 11) is 3.94. The Hall–Kier alpha value is -2.82. The first kappa shape index (κ1) is 15.1. The second-order valence-electron chi connectivity index (χ2n) is 5.73. The monoisotopic (exact) mass is 311 g/mol. The van der Waals surface area contributed by atoms with Crippen molar-refractivity contribution in [2.24, 2.45) is 0 Å². The van der Waals surface area contributed by atoms with Crippen LogP contribution < -0.4 is 10.2 Å². The van der Waals surface area contributed by atoms with E-state index in [1.165, 1.54) is 12.1 Å². The molecule has 1 aromatic heterocycles. The van der Waals surface area contributed by atoms with Crippen molar-refractivity contribution in [1.29, 1.82) is 0 Å². The van der Waals surface area contributed by atoms with Gasteiger partial charge in [0, 0.05) is 36.4 Å². The number of nitrogens with one attached hydrogen (secondary N) is 2. The highest BCUT2D eigenvalue weighted by Gasteiger charge is 2.12. The smallest absolute Gasteiger partial charge is 0.272 e. The number of aromatic amines is 1. The number of anilines is 2. The van der Waals surface area contributed by atoms with Gasteiger partial charge in [0.1, 0.15) is 11.5 Å². The average molecular weight is 311 g/mol. The fourth-order valence-electron chi connectivity index (χ4n) is 2.67. The summed E-state index contributed by atoms with van der Waals surface area (Å²) in [6.07, 6.45) is 0. The van der Waals surface area contributed by atoms with E-state index in [0.717, 1.165) is 11.3 Å². The molecule has 0 bridgehead atoms. The van der Waals surface area contributed by atoms with E-state index in [1.807, 2.05) is 44.1 Å². The highest BCUT2D eigenvalue weighted by molar-refractivity contribution is 6.06. The lowest BCUT2D eigenvalue weighted by molar-refractivity contribution is 0.102. The highest BCUT2D eigenvalue weighted by atomic mass is 19.1. The molecule has 0 unspecified atom stereocenters. The van der Waals surface area contributed by atoms with Crippen LogP contribution in [0.2, 0.25) is 0 Å². The van der Waals surface area contributed by atoms with Gasteiger partial charge in [-0.25, -0.2) is 4.39 Å². The second kappa shape index (κ2) is 5.76. The van der Waals surface area contributed by atoms with Gasteiger partial charge in [0.05, 0.1) is 0 Å².